The van der Waals surface area contributed by atoms with E-state index in [0.29, 0.717) is 12.3 Å². The largest absolute Gasteiger partial charge is 0.465 e. The van der Waals surface area contributed by atoms with E-state index in [-0.39, 0.29) is 16.9 Å². The van der Waals surface area contributed by atoms with Gasteiger partial charge in [0.05, 0.1) is 24.7 Å². The van der Waals surface area contributed by atoms with Gasteiger partial charge >= 0.3 is 12.4 Å². The lowest BCUT2D eigenvalue weighted by molar-refractivity contribution is -0.219. The molecule has 2 aliphatic rings. The van der Waals surface area contributed by atoms with Crippen LogP contribution >= 0.6 is 0 Å². The van der Waals surface area contributed by atoms with Gasteiger partial charge < -0.3 is 20.5 Å². The van der Waals surface area contributed by atoms with E-state index in [1.165, 1.54) is 0 Å². The molecule has 0 unspecified atom stereocenters. The van der Waals surface area contributed by atoms with Gasteiger partial charge in [0.25, 0.3) is 11.9 Å². The molecule has 1 aromatic carbocycles. The second-order valence-corrected chi connectivity index (χ2v) is 7.64. The number of nitrogens with zero attached hydrogens (tertiary/aromatic N) is 2. The number of amides is 1. The number of halogens is 7. The molecule has 4 rings (SSSR count). The summed E-state index contributed by atoms with van der Waals surface area (Å²) in [6.45, 7) is -1.19. The van der Waals surface area contributed by atoms with E-state index in [1.54, 1.807) is 0 Å². The van der Waals surface area contributed by atoms with E-state index in [1.807, 2.05) is 0 Å². The van der Waals surface area contributed by atoms with Gasteiger partial charge in [0.2, 0.25) is 0 Å². The summed E-state index contributed by atoms with van der Waals surface area (Å²) in [7, 11) is 0. The van der Waals surface area contributed by atoms with Crippen LogP contribution in [-0.4, -0.2) is 42.4 Å². The van der Waals surface area contributed by atoms with Gasteiger partial charge in [-0.2, -0.15) is 26.3 Å². The second-order valence-electron chi connectivity index (χ2n) is 7.64. The number of benzene rings is 1. The number of fused-ring (bicyclic) bond motifs is 1. The number of amidine groups is 1. The van der Waals surface area contributed by atoms with Crippen LogP contribution in [0.25, 0.3) is 0 Å². The number of alkyl halides is 6. The molecule has 34 heavy (non-hydrogen) atoms. The summed E-state index contributed by atoms with van der Waals surface area (Å²) in [6, 6.07) is 4.14. The zero-order valence-corrected chi connectivity index (χ0v) is 16.9. The Morgan fingerprint density at radius 3 is 2.50 bits per heavy atom. The topological polar surface area (TPSA) is 98.8 Å². The van der Waals surface area contributed by atoms with Crippen LogP contribution in [0.15, 0.2) is 41.5 Å². The Labute approximate surface area is 186 Å². The molecule has 7 nitrogen and oxygen atoms in total. The van der Waals surface area contributed by atoms with Gasteiger partial charge in [0.1, 0.15) is 17.1 Å². The fraction of sp³-hybridized carbons (Fsp3) is 0.350. The molecule has 3 heterocycles. The van der Waals surface area contributed by atoms with Crippen molar-refractivity contribution in [1.29, 1.82) is 0 Å². The lowest BCUT2D eigenvalue weighted by Crippen LogP contribution is -2.48. The molecule has 0 aliphatic carbocycles. The van der Waals surface area contributed by atoms with Crippen molar-refractivity contribution in [2.45, 2.75) is 24.0 Å². The first kappa shape index (κ1) is 23.7. The Hall–Kier alpha value is -3.42. The normalized spacial score (nSPS) is 24.7. The Kier molecular flexibility index (Phi) is 5.66. The average Bonchev–Trinajstić information content (AvgIpc) is 3.14. The van der Waals surface area contributed by atoms with Gasteiger partial charge in [-0.15, -0.1) is 0 Å². The number of carbonyl (C=O) groups excluding carboxylic acids is 1. The third-order valence-corrected chi connectivity index (χ3v) is 5.52. The molecule has 1 fully saturated rings. The van der Waals surface area contributed by atoms with Crippen molar-refractivity contribution in [2.24, 2.45) is 16.6 Å². The van der Waals surface area contributed by atoms with E-state index in [9.17, 15) is 35.5 Å². The lowest BCUT2D eigenvalue weighted by Gasteiger charge is -2.36. The van der Waals surface area contributed by atoms with Gasteiger partial charge in [0.15, 0.2) is 6.10 Å². The third kappa shape index (κ3) is 4.24. The summed E-state index contributed by atoms with van der Waals surface area (Å²) in [6.07, 6.45) is -11.2. The molecule has 14 heteroatoms. The van der Waals surface area contributed by atoms with Gasteiger partial charge in [-0.3, -0.25) is 9.78 Å². The van der Waals surface area contributed by atoms with Crippen LogP contribution in [-0.2, 0) is 21.2 Å². The van der Waals surface area contributed by atoms with Crippen molar-refractivity contribution in [2.75, 3.05) is 18.5 Å². The van der Waals surface area contributed by atoms with E-state index >= 15 is 0 Å². The maximum Gasteiger partial charge on any atom is 0.417 e. The second kappa shape index (κ2) is 8.11. The predicted octanol–water partition coefficient (Wildman–Crippen LogP) is 3.61. The highest BCUT2D eigenvalue weighted by Gasteiger charge is 2.62. The highest BCUT2D eigenvalue weighted by atomic mass is 19.4. The molecule has 1 aromatic heterocycles. The summed E-state index contributed by atoms with van der Waals surface area (Å²) in [4.78, 5) is 19.8. The molecule has 2 aromatic rings. The van der Waals surface area contributed by atoms with Crippen molar-refractivity contribution >= 4 is 17.6 Å². The van der Waals surface area contributed by atoms with Gasteiger partial charge in [-0.05, 0) is 30.3 Å². The fourth-order valence-corrected chi connectivity index (χ4v) is 3.92. The minimum absolute atomic E-state index is 0.0630. The van der Waals surface area contributed by atoms with Crippen molar-refractivity contribution < 1.29 is 45.0 Å². The molecule has 2 aliphatic heterocycles. The predicted molar refractivity (Wildman–Crippen MR) is 102 cm³/mol. The van der Waals surface area contributed by atoms with Crippen molar-refractivity contribution in [3.8, 4) is 0 Å². The minimum Gasteiger partial charge on any atom is -0.465 e. The van der Waals surface area contributed by atoms with Crippen LogP contribution in [0.5, 0.6) is 0 Å². The van der Waals surface area contributed by atoms with Gasteiger partial charge in [-0.25, -0.2) is 9.38 Å². The van der Waals surface area contributed by atoms with Gasteiger partial charge in [0, 0.05) is 17.4 Å². The quantitative estimate of drug-likeness (QED) is 0.638. The lowest BCUT2D eigenvalue weighted by atomic mass is 9.77. The number of anilines is 1. The molecule has 182 valence electrons. The van der Waals surface area contributed by atoms with E-state index in [4.69, 9.17) is 15.2 Å². The smallest absolute Gasteiger partial charge is 0.417 e. The highest BCUT2D eigenvalue weighted by molar-refractivity contribution is 6.02. The molecule has 0 radical (unpaired) electrons. The molecule has 0 saturated carbocycles. The number of aliphatic imine (C=N–C) groups is 1. The number of carbonyl (C=O) groups is 1. The fourth-order valence-electron chi connectivity index (χ4n) is 3.92. The number of aromatic nitrogens is 1. The van der Waals surface area contributed by atoms with Crippen molar-refractivity contribution in [3.05, 3.63) is 59.2 Å². The Morgan fingerprint density at radius 2 is 1.88 bits per heavy atom. The molecule has 0 bridgehead atoms. The van der Waals surface area contributed by atoms with Crippen LogP contribution in [0.3, 0.4) is 0 Å². The summed E-state index contributed by atoms with van der Waals surface area (Å²) in [5, 5.41) is 2.33. The Balaban J connectivity index is 1.66. The van der Waals surface area contributed by atoms with E-state index < -0.39 is 66.4 Å². The molecular formula is C20H15F7N4O3. The SMILES string of the molecule is NC1=N[C@@]2(c3cc(NC(=O)c4ccc(C(F)(F)F)cn4)ccc3F)CO[C@H](C(F)(F)F)[C@H]2CO1. The molecule has 1 amide bonds. The van der Waals surface area contributed by atoms with Crippen LogP contribution in [0.4, 0.5) is 36.4 Å². The zero-order valence-electron chi connectivity index (χ0n) is 16.9. The first-order chi connectivity index (χ1) is 15.8. The van der Waals surface area contributed by atoms with E-state index in [0.717, 1.165) is 24.3 Å². The van der Waals surface area contributed by atoms with E-state index in [2.05, 4.69) is 15.3 Å². The number of nitrogens with two attached hydrogens (primary N) is 1. The average molecular weight is 492 g/mol. The summed E-state index contributed by atoms with van der Waals surface area (Å²) < 4.78 is 103. The number of rotatable bonds is 3. The number of pyridine rings is 1. The maximum absolute atomic E-state index is 14.8. The van der Waals surface area contributed by atoms with Crippen LogP contribution in [0.2, 0.25) is 0 Å². The zero-order chi connectivity index (χ0) is 24.9. The monoisotopic (exact) mass is 492 g/mol. The first-order valence-electron chi connectivity index (χ1n) is 9.62. The summed E-state index contributed by atoms with van der Waals surface area (Å²) >= 11 is 0. The highest BCUT2D eigenvalue weighted by Crippen LogP contribution is 2.50. The minimum atomic E-state index is -4.78. The van der Waals surface area contributed by atoms with Crippen LogP contribution in [0.1, 0.15) is 21.6 Å². The number of nitrogens with one attached hydrogen (secondary N) is 1. The Morgan fingerprint density at radius 1 is 1.15 bits per heavy atom. The Bertz CT molecular complexity index is 1130. The molecule has 0 spiro atoms. The maximum atomic E-state index is 14.8. The number of hydrogen-bond acceptors (Lipinski definition) is 6. The molecule has 3 atom stereocenters. The standard InChI is InChI=1S/C20H15F7N4O3/c21-13-3-2-10(30-16(32)14-4-1-9(6-29-14)19(22,23)24)5-11(13)18-8-34-15(20(25,26)27)12(18)7-33-17(28)31-18/h1-6,12,15H,7-8H2,(H2,28,31)(H,30,32)/t12-,15+,18-/m1/s1. The van der Waals surface area contributed by atoms with Crippen LogP contribution in [0, 0.1) is 11.7 Å². The summed E-state index contributed by atoms with van der Waals surface area (Å²) in [5.41, 5.74) is 1.87. The van der Waals surface area contributed by atoms with Crippen molar-refractivity contribution in [3.63, 3.8) is 0 Å². The van der Waals surface area contributed by atoms with Gasteiger partial charge in [-0.1, -0.05) is 0 Å². The molecule has 3 N–H and O–H groups in total. The third-order valence-electron chi connectivity index (χ3n) is 5.52. The molecule has 1 saturated heterocycles. The number of hydrogen-bond donors (Lipinski definition) is 2. The molecular weight excluding hydrogens is 477 g/mol. The van der Waals surface area contributed by atoms with Crippen LogP contribution < -0.4 is 11.1 Å². The first-order valence-corrected chi connectivity index (χ1v) is 9.62. The summed E-state index contributed by atoms with van der Waals surface area (Å²) in [5.74, 6) is -3.32. The number of ether oxygens (including phenoxy) is 2. The van der Waals surface area contributed by atoms with Crippen molar-refractivity contribution in [1.82, 2.24) is 4.98 Å².